The summed E-state index contributed by atoms with van der Waals surface area (Å²) in [5, 5.41) is 16.2. The van der Waals surface area contributed by atoms with E-state index >= 15 is 0 Å². The predicted molar refractivity (Wildman–Crippen MR) is 100 cm³/mol. The molecule has 1 saturated carbocycles. The molecule has 1 aliphatic heterocycles. The van der Waals surface area contributed by atoms with Crippen LogP contribution in [-0.2, 0) is 0 Å². The van der Waals surface area contributed by atoms with Gasteiger partial charge in [0.25, 0.3) is 0 Å². The molecule has 0 bridgehead atoms. The SMILES string of the molecule is CC1=CNC(=NC2CCCC(C)C2C)N/C1=C(\C#N)c1ccccn1. The van der Waals surface area contributed by atoms with E-state index in [9.17, 15) is 5.26 Å². The second-order valence-corrected chi connectivity index (χ2v) is 6.99. The Morgan fingerprint density at radius 3 is 2.88 bits per heavy atom. The summed E-state index contributed by atoms with van der Waals surface area (Å²) in [6.07, 6.45) is 7.23. The average Bonchev–Trinajstić information content (AvgIpc) is 2.63. The number of aliphatic imine (C=N–C) groups is 1. The van der Waals surface area contributed by atoms with E-state index in [4.69, 9.17) is 4.99 Å². The summed E-state index contributed by atoms with van der Waals surface area (Å²) in [4.78, 5) is 9.22. The summed E-state index contributed by atoms with van der Waals surface area (Å²) >= 11 is 0. The van der Waals surface area contributed by atoms with Crippen LogP contribution in [0.25, 0.3) is 5.57 Å². The third-order valence-electron chi connectivity index (χ3n) is 5.30. The van der Waals surface area contributed by atoms with Crippen molar-refractivity contribution in [2.24, 2.45) is 16.8 Å². The maximum absolute atomic E-state index is 9.66. The molecule has 1 aromatic rings. The van der Waals surface area contributed by atoms with Crippen molar-refractivity contribution < 1.29 is 0 Å². The first-order valence-corrected chi connectivity index (χ1v) is 8.94. The maximum atomic E-state index is 9.66. The Bertz CT molecular complexity index is 754. The number of guanidine groups is 1. The lowest BCUT2D eigenvalue weighted by Crippen LogP contribution is -2.41. The zero-order chi connectivity index (χ0) is 17.8. The van der Waals surface area contributed by atoms with Crippen LogP contribution in [0, 0.1) is 23.2 Å². The van der Waals surface area contributed by atoms with Crippen LogP contribution in [-0.4, -0.2) is 17.0 Å². The highest BCUT2D eigenvalue weighted by atomic mass is 15.2. The fourth-order valence-corrected chi connectivity index (χ4v) is 3.48. The molecule has 2 heterocycles. The van der Waals surface area contributed by atoms with Gasteiger partial charge in [0.2, 0.25) is 0 Å². The molecule has 5 heteroatoms. The van der Waals surface area contributed by atoms with E-state index in [0.29, 0.717) is 29.1 Å². The molecule has 0 amide bonds. The summed E-state index contributed by atoms with van der Waals surface area (Å²) < 4.78 is 0. The van der Waals surface area contributed by atoms with Crippen LogP contribution < -0.4 is 10.6 Å². The minimum atomic E-state index is 0.312. The molecule has 2 N–H and O–H groups in total. The van der Waals surface area contributed by atoms with Gasteiger partial charge in [0.15, 0.2) is 5.96 Å². The fourth-order valence-electron chi connectivity index (χ4n) is 3.48. The molecule has 0 radical (unpaired) electrons. The zero-order valence-electron chi connectivity index (χ0n) is 15.1. The van der Waals surface area contributed by atoms with Gasteiger partial charge in [0.1, 0.15) is 11.6 Å². The number of nitrogens with zero attached hydrogens (tertiary/aromatic N) is 3. The molecule has 25 heavy (non-hydrogen) atoms. The Morgan fingerprint density at radius 1 is 1.32 bits per heavy atom. The smallest absolute Gasteiger partial charge is 0.200 e. The number of hydrogen-bond acceptors (Lipinski definition) is 3. The highest BCUT2D eigenvalue weighted by Crippen LogP contribution is 2.31. The molecule has 1 aliphatic carbocycles. The Hall–Kier alpha value is -2.61. The van der Waals surface area contributed by atoms with Gasteiger partial charge in [-0.2, -0.15) is 5.26 Å². The van der Waals surface area contributed by atoms with E-state index in [1.807, 2.05) is 31.3 Å². The highest BCUT2D eigenvalue weighted by molar-refractivity contribution is 5.90. The van der Waals surface area contributed by atoms with Crippen molar-refractivity contribution in [3.05, 3.63) is 47.6 Å². The van der Waals surface area contributed by atoms with Gasteiger partial charge in [-0.05, 0) is 42.9 Å². The average molecular weight is 335 g/mol. The fraction of sp³-hybridized carbons (Fsp3) is 0.450. The number of nitriles is 1. The third kappa shape index (κ3) is 3.74. The number of aromatic nitrogens is 1. The lowest BCUT2D eigenvalue weighted by atomic mass is 9.78. The van der Waals surface area contributed by atoms with Crippen LogP contribution in [0.3, 0.4) is 0 Å². The van der Waals surface area contributed by atoms with Crippen molar-refractivity contribution >= 4 is 11.5 Å². The van der Waals surface area contributed by atoms with Crippen LogP contribution in [0.2, 0.25) is 0 Å². The molecule has 3 atom stereocenters. The van der Waals surface area contributed by atoms with Gasteiger partial charge in [-0.3, -0.25) is 4.98 Å². The summed E-state index contributed by atoms with van der Waals surface area (Å²) in [6, 6.07) is 8.19. The van der Waals surface area contributed by atoms with E-state index in [1.54, 1.807) is 6.20 Å². The molecule has 3 rings (SSSR count). The van der Waals surface area contributed by atoms with Gasteiger partial charge in [0.05, 0.1) is 17.4 Å². The Balaban J connectivity index is 1.91. The lowest BCUT2D eigenvalue weighted by Gasteiger charge is -2.32. The van der Waals surface area contributed by atoms with E-state index in [1.165, 1.54) is 12.8 Å². The molecule has 0 aromatic carbocycles. The van der Waals surface area contributed by atoms with E-state index in [-0.39, 0.29) is 0 Å². The molecular weight excluding hydrogens is 310 g/mol. The summed E-state index contributed by atoms with van der Waals surface area (Å²) in [6.45, 7) is 6.56. The maximum Gasteiger partial charge on any atom is 0.200 e. The predicted octanol–water partition coefficient (Wildman–Crippen LogP) is 3.59. The van der Waals surface area contributed by atoms with Gasteiger partial charge in [-0.15, -0.1) is 0 Å². The van der Waals surface area contributed by atoms with Gasteiger partial charge in [-0.1, -0.05) is 32.8 Å². The normalized spacial score (nSPS) is 29.9. The minimum absolute atomic E-state index is 0.312. The minimum Gasteiger partial charge on any atom is -0.332 e. The number of hydrogen-bond donors (Lipinski definition) is 2. The Kier molecular flexibility index (Phi) is 5.18. The molecule has 3 unspecified atom stereocenters. The lowest BCUT2D eigenvalue weighted by molar-refractivity contribution is 0.241. The molecule has 130 valence electrons. The van der Waals surface area contributed by atoms with Crippen LogP contribution in [0.4, 0.5) is 0 Å². The van der Waals surface area contributed by atoms with E-state index in [2.05, 4.69) is 35.5 Å². The number of pyridine rings is 1. The van der Waals surface area contributed by atoms with Gasteiger partial charge in [-0.25, -0.2) is 4.99 Å². The first-order chi connectivity index (χ1) is 12.1. The van der Waals surface area contributed by atoms with Crippen molar-refractivity contribution in [1.29, 1.82) is 5.26 Å². The Morgan fingerprint density at radius 2 is 2.16 bits per heavy atom. The number of allylic oxidation sites excluding steroid dienone is 2. The van der Waals surface area contributed by atoms with Crippen molar-refractivity contribution in [2.45, 2.75) is 46.1 Å². The molecule has 0 saturated heterocycles. The summed E-state index contributed by atoms with van der Waals surface area (Å²) in [5.74, 6) is 1.98. The second-order valence-electron chi connectivity index (χ2n) is 6.99. The van der Waals surface area contributed by atoms with Crippen molar-refractivity contribution in [1.82, 2.24) is 15.6 Å². The molecule has 5 nitrogen and oxygen atoms in total. The molecule has 2 aliphatic rings. The molecule has 1 aromatic heterocycles. The third-order valence-corrected chi connectivity index (χ3v) is 5.30. The van der Waals surface area contributed by atoms with Gasteiger partial charge < -0.3 is 10.6 Å². The van der Waals surface area contributed by atoms with Gasteiger partial charge in [0, 0.05) is 12.4 Å². The van der Waals surface area contributed by atoms with Crippen molar-refractivity contribution in [2.75, 3.05) is 0 Å². The van der Waals surface area contributed by atoms with E-state index in [0.717, 1.165) is 23.7 Å². The quantitative estimate of drug-likeness (QED) is 0.810. The summed E-state index contributed by atoms with van der Waals surface area (Å²) in [7, 11) is 0. The van der Waals surface area contributed by atoms with Crippen LogP contribution in [0.5, 0.6) is 0 Å². The topological polar surface area (TPSA) is 73.1 Å². The van der Waals surface area contributed by atoms with E-state index < -0.39 is 0 Å². The second kappa shape index (κ2) is 7.52. The monoisotopic (exact) mass is 335 g/mol. The highest BCUT2D eigenvalue weighted by Gasteiger charge is 2.27. The molecule has 0 spiro atoms. The molecular formula is C20H25N5. The summed E-state index contributed by atoms with van der Waals surface area (Å²) in [5.41, 5.74) is 2.94. The standard InChI is InChI=1S/C20H25N5/c1-13-7-6-9-17(15(13)3)24-20-23-12-14(2)19(25-20)16(11-21)18-8-4-5-10-22-18/h4-5,8,10,12-13,15,17H,6-7,9H2,1-3H3,(H2,23,24,25)/b19-16+. The molecule has 1 fully saturated rings. The van der Waals surface area contributed by atoms with Crippen molar-refractivity contribution in [3.8, 4) is 6.07 Å². The number of rotatable bonds is 2. The van der Waals surface area contributed by atoms with Crippen LogP contribution in [0.15, 0.2) is 46.9 Å². The van der Waals surface area contributed by atoms with Gasteiger partial charge >= 0.3 is 0 Å². The van der Waals surface area contributed by atoms with Crippen LogP contribution in [0.1, 0.15) is 45.7 Å². The largest absolute Gasteiger partial charge is 0.332 e. The number of nitrogens with one attached hydrogen (secondary N) is 2. The zero-order valence-corrected chi connectivity index (χ0v) is 15.1. The first kappa shape index (κ1) is 17.2. The van der Waals surface area contributed by atoms with Crippen molar-refractivity contribution in [3.63, 3.8) is 0 Å². The van der Waals surface area contributed by atoms with Crippen LogP contribution >= 0.6 is 0 Å². The first-order valence-electron chi connectivity index (χ1n) is 8.94. The Labute approximate surface area is 149 Å².